The molecule has 0 bridgehead atoms. The maximum absolute atomic E-state index is 13.1. The molecule has 6 rings (SSSR count). The van der Waals surface area contributed by atoms with Crippen LogP contribution in [0, 0.1) is 5.92 Å². The molecule has 2 fully saturated rings. The monoisotopic (exact) mass is 722 g/mol. The maximum Gasteiger partial charge on any atom is 0.446 e. The molecule has 2 aliphatic heterocycles. The average Bonchev–Trinajstić information content (AvgIpc) is 3.49. The molecule has 2 aliphatic rings. The van der Waals surface area contributed by atoms with Crippen LogP contribution in [0.15, 0.2) is 98.6 Å². The third-order valence-electron chi connectivity index (χ3n) is 9.34. The maximum atomic E-state index is 13.1. The number of rotatable bonds is 12. The molecule has 1 amide bonds. The highest BCUT2D eigenvalue weighted by Crippen LogP contribution is 2.37. The second kappa shape index (κ2) is 15.9. The summed E-state index contributed by atoms with van der Waals surface area (Å²) in [5.41, 5.74) is -0.0718. The van der Waals surface area contributed by atoms with Gasteiger partial charge in [-0.2, -0.15) is 13.2 Å². The first-order valence-electron chi connectivity index (χ1n) is 16.9. The van der Waals surface area contributed by atoms with E-state index in [9.17, 15) is 27.6 Å². The minimum Gasteiger partial charge on any atom is -0.453 e. The molecule has 0 aliphatic carbocycles. The van der Waals surface area contributed by atoms with E-state index >= 15 is 0 Å². The number of fused-ring (bicyclic) bond motifs is 1. The topological polar surface area (TPSA) is 70.8 Å². The fraction of sp³-hybridized carbons (Fsp3) is 0.359. The smallest absolute Gasteiger partial charge is 0.446 e. The Hall–Kier alpha value is -4.02. The Morgan fingerprint density at radius 1 is 0.960 bits per heavy atom. The fourth-order valence-electron chi connectivity index (χ4n) is 6.85. The minimum atomic E-state index is -4.48. The molecule has 1 atom stereocenters. The molecule has 0 saturated carbocycles. The second-order valence-corrected chi connectivity index (χ2v) is 14.5. The van der Waals surface area contributed by atoms with Crippen LogP contribution in [-0.4, -0.2) is 41.7 Å². The molecule has 0 spiro atoms. The number of carbonyl (C=O) groups excluding carboxylic acids is 2. The highest BCUT2D eigenvalue weighted by Gasteiger charge is 2.29. The number of likely N-dealkylation sites (tertiary alicyclic amines) is 1. The van der Waals surface area contributed by atoms with Crippen LogP contribution in [0.2, 0.25) is 5.02 Å². The molecule has 3 aromatic carbocycles. The lowest BCUT2D eigenvalue weighted by molar-refractivity contribution is -0.128. The van der Waals surface area contributed by atoms with Crippen molar-refractivity contribution in [3.63, 3.8) is 0 Å². The van der Waals surface area contributed by atoms with Crippen molar-refractivity contribution in [2.24, 2.45) is 5.92 Å². The Labute approximate surface area is 298 Å². The van der Waals surface area contributed by atoms with Crippen molar-refractivity contribution in [1.29, 1.82) is 0 Å². The van der Waals surface area contributed by atoms with Crippen LogP contribution in [-0.2, 0) is 17.8 Å². The van der Waals surface area contributed by atoms with E-state index in [2.05, 4.69) is 29.2 Å². The van der Waals surface area contributed by atoms with Gasteiger partial charge in [0, 0.05) is 60.7 Å². The zero-order chi connectivity index (χ0) is 35.3. The summed E-state index contributed by atoms with van der Waals surface area (Å²) >= 11 is 5.83. The van der Waals surface area contributed by atoms with Gasteiger partial charge >= 0.3 is 5.51 Å². The van der Waals surface area contributed by atoms with Crippen molar-refractivity contribution in [3.05, 3.63) is 117 Å². The number of nitrogens with zero attached hydrogens (tertiary/aromatic N) is 2. The van der Waals surface area contributed by atoms with Crippen LogP contribution in [0.25, 0.3) is 11.0 Å². The average molecular weight is 723 g/mol. The molecule has 3 heterocycles. The predicted octanol–water partition coefficient (Wildman–Crippen LogP) is 9.62. The van der Waals surface area contributed by atoms with Crippen molar-refractivity contribution in [2.75, 3.05) is 24.5 Å². The summed E-state index contributed by atoms with van der Waals surface area (Å²) in [6.07, 6.45) is 8.00. The van der Waals surface area contributed by atoms with E-state index in [1.54, 1.807) is 0 Å². The molecule has 0 radical (unpaired) electrons. The number of hydrogen-bond acceptors (Lipinski definition) is 6. The highest BCUT2D eigenvalue weighted by molar-refractivity contribution is 8.00. The molecule has 50 heavy (non-hydrogen) atoms. The van der Waals surface area contributed by atoms with Gasteiger partial charge in [-0.05, 0) is 104 Å². The van der Waals surface area contributed by atoms with Crippen LogP contribution in [0.3, 0.4) is 0 Å². The third-order valence-corrected chi connectivity index (χ3v) is 10.3. The second-order valence-electron chi connectivity index (χ2n) is 12.9. The Balaban J connectivity index is 1.10. The number of para-hydroxylation sites is 1. The number of amides is 1. The van der Waals surface area contributed by atoms with Gasteiger partial charge in [-0.1, -0.05) is 53.6 Å². The number of carbonyl (C=O) groups is 2. The van der Waals surface area contributed by atoms with Gasteiger partial charge in [0.15, 0.2) is 17.0 Å². The summed E-state index contributed by atoms with van der Waals surface area (Å²) in [7, 11) is 0. The van der Waals surface area contributed by atoms with Crippen LogP contribution in [0.4, 0.5) is 18.9 Å². The van der Waals surface area contributed by atoms with Crippen LogP contribution >= 0.6 is 23.4 Å². The van der Waals surface area contributed by atoms with Gasteiger partial charge in [0.05, 0.1) is 5.39 Å². The van der Waals surface area contributed by atoms with E-state index in [4.69, 9.17) is 16.0 Å². The van der Waals surface area contributed by atoms with Crippen molar-refractivity contribution in [3.8, 4) is 0 Å². The number of allylic oxidation sites excluding steroid dienone is 1. The summed E-state index contributed by atoms with van der Waals surface area (Å²) < 4.78 is 44.1. The number of halogens is 4. The van der Waals surface area contributed by atoms with E-state index < -0.39 is 10.9 Å². The summed E-state index contributed by atoms with van der Waals surface area (Å²) in [6.45, 7) is 3.20. The van der Waals surface area contributed by atoms with Gasteiger partial charge in [-0.25, -0.2) is 0 Å². The molecule has 4 aromatic rings. The lowest BCUT2D eigenvalue weighted by Gasteiger charge is -2.33. The van der Waals surface area contributed by atoms with Crippen molar-refractivity contribution >= 4 is 51.7 Å². The molecule has 262 valence electrons. The molecule has 6 nitrogen and oxygen atoms in total. The largest absolute Gasteiger partial charge is 0.453 e. The SMILES string of the molecule is O=C(CCC[C@@H](C=C1CCN(c2ccccc2CN2CCCC2=O)CC1)Cc1ccc(Cl)cc1)c1cc(=O)c2cc(SC(F)(F)F)ccc2o1. The van der Waals surface area contributed by atoms with Gasteiger partial charge in [-0.15, -0.1) is 0 Å². The van der Waals surface area contributed by atoms with Crippen molar-refractivity contribution in [1.82, 2.24) is 4.90 Å². The zero-order valence-corrected chi connectivity index (χ0v) is 29.1. The number of piperidine rings is 1. The number of Topliss-reactive ketones (excluding diaryl/α,β-unsaturated/α-hetero) is 1. The number of alkyl halides is 3. The van der Waals surface area contributed by atoms with Crippen LogP contribution in [0.1, 0.15) is 66.6 Å². The lowest BCUT2D eigenvalue weighted by atomic mass is 9.89. The lowest BCUT2D eigenvalue weighted by Crippen LogP contribution is -2.32. The van der Waals surface area contributed by atoms with Gasteiger partial charge in [0.2, 0.25) is 5.91 Å². The third kappa shape index (κ3) is 9.40. The zero-order valence-electron chi connectivity index (χ0n) is 27.5. The van der Waals surface area contributed by atoms with Gasteiger partial charge in [-0.3, -0.25) is 14.4 Å². The quantitative estimate of drug-likeness (QED) is 0.0824. The summed E-state index contributed by atoms with van der Waals surface area (Å²) in [6, 6.07) is 20.9. The van der Waals surface area contributed by atoms with Crippen LogP contribution < -0.4 is 10.3 Å². The number of thioether (sulfide) groups is 1. The normalized spacial score (nSPS) is 15.9. The fourth-order valence-corrected chi connectivity index (χ4v) is 7.56. The molecular weight excluding hydrogens is 685 g/mol. The summed E-state index contributed by atoms with van der Waals surface area (Å²) in [4.78, 5) is 42.4. The Morgan fingerprint density at radius 3 is 2.44 bits per heavy atom. The Kier molecular flexibility index (Phi) is 11.4. The number of ketones is 1. The number of benzene rings is 3. The standard InChI is InChI=1S/C39H38ClF3N2O4S/c40-30-12-10-26(11-13-30)21-28(5-3-8-34(46)37-24-35(47)32-23-31(50-39(41,42)43)14-15-36(32)49-37)22-27-16-19-44(20-17-27)33-7-2-1-6-29(33)25-45-18-4-9-38(45)48/h1-2,6-7,10-15,22-24,28H,3-5,8-9,16-21,25H2/t28-/m1/s1. The van der Waals surface area contributed by atoms with E-state index in [1.165, 1.54) is 29.0 Å². The van der Waals surface area contributed by atoms with Crippen molar-refractivity contribution in [2.45, 2.75) is 68.3 Å². The predicted molar refractivity (Wildman–Crippen MR) is 192 cm³/mol. The van der Waals surface area contributed by atoms with Gasteiger partial charge < -0.3 is 14.2 Å². The molecule has 0 N–H and O–H groups in total. The Morgan fingerprint density at radius 2 is 1.72 bits per heavy atom. The van der Waals surface area contributed by atoms with E-state index in [1.807, 2.05) is 35.2 Å². The first kappa shape index (κ1) is 35.8. The van der Waals surface area contributed by atoms with Crippen molar-refractivity contribution < 1.29 is 27.2 Å². The summed E-state index contributed by atoms with van der Waals surface area (Å²) in [5, 5.41) is 0.671. The molecule has 1 aromatic heterocycles. The first-order chi connectivity index (χ1) is 24.0. The Bertz CT molecular complexity index is 1930. The first-order valence-corrected chi connectivity index (χ1v) is 18.1. The molecule has 0 unspecified atom stereocenters. The number of anilines is 1. The number of hydrogen-bond donors (Lipinski definition) is 0. The van der Waals surface area contributed by atoms with E-state index in [0.29, 0.717) is 24.4 Å². The van der Waals surface area contributed by atoms with E-state index in [0.717, 1.165) is 69.4 Å². The molecule has 11 heteroatoms. The van der Waals surface area contributed by atoms with E-state index in [-0.39, 0.29) is 57.4 Å². The minimum absolute atomic E-state index is 0.00156. The highest BCUT2D eigenvalue weighted by atomic mass is 35.5. The molecular formula is C39H38ClF3N2O4S. The molecule has 2 saturated heterocycles. The summed E-state index contributed by atoms with van der Waals surface area (Å²) in [5.74, 6) is -0.0157. The van der Waals surface area contributed by atoms with Gasteiger partial charge in [0.1, 0.15) is 5.58 Å². The van der Waals surface area contributed by atoms with Crippen LogP contribution in [0.5, 0.6) is 0 Å². The van der Waals surface area contributed by atoms with Gasteiger partial charge in [0.25, 0.3) is 0 Å².